The van der Waals surface area contributed by atoms with Gasteiger partial charge in [0.05, 0.1) is 5.25 Å². The number of rotatable bonds is 4. The monoisotopic (exact) mass is 318 g/mol. The van der Waals surface area contributed by atoms with E-state index in [0.29, 0.717) is 16.7 Å². The molecule has 0 bridgehead atoms. The van der Waals surface area contributed by atoms with Crippen molar-refractivity contribution in [3.8, 4) is 11.5 Å². The summed E-state index contributed by atoms with van der Waals surface area (Å²) in [5, 5.41) is 7.87. The maximum Gasteiger partial charge on any atom is 0.247 e. The van der Waals surface area contributed by atoms with E-state index in [-0.39, 0.29) is 5.25 Å². The Morgan fingerprint density at radius 3 is 2.50 bits per heavy atom. The largest absolute Gasteiger partial charge is 0.419 e. The van der Waals surface area contributed by atoms with Crippen LogP contribution in [0.5, 0.6) is 0 Å². The molecule has 3 nitrogen and oxygen atoms in total. The molecule has 22 heavy (non-hydrogen) atoms. The molecule has 0 fully saturated rings. The van der Waals surface area contributed by atoms with Crippen molar-refractivity contribution >= 4 is 11.8 Å². The third-order valence-corrected chi connectivity index (χ3v) is 4.09. The number of thioether (sulfide) groups is 1. The standard InChI is InChI=1S/C16H12F2N2OS/c1-10(22-12-7-8-13(17)14(18)9-12)15-19-20-16(21-15)11-5-3-2-4-6-11/h2-10H,1H3/t10-/m0/s1. The normalized spacial score (nSPS) is 12.3. The van der Waals surface area contributed by atoms with Gasteiger partial charge in [-0.05, 0) is 37.3 Å². The van der Waals surface area contributed by atoms with E-state index in [1.165, 1.54) is 17.8 Å². The van der Waals surface area contributed by atoms with Gasteiger partial charge in [0.15, 0.2) is 11.6 Å². The molecule has 1 heterocycles. The summed E-state index contributed by atoms with van der Waals surface area (Å²) in [6, 6.07) is 13.2. The first kappa shape index (κ1) is 14.7. The minimum absolute atomic E-state index is 0.171. The van der Waals surface area contributed by atoms with Gasteiger partial charge in [0.25, 0.3) is 0 Å². The fourth-order valence-electron chi connectivity index (χ4n) is 1.90. The summed E-state index contributed by atoms with van der Waals surface area (Å²) >= 11 is 1.33. The first-order chi connectivity index (χ1) is 10.6. The van der Waals surface area contributed by atoms with Crippen molar-refractivity contribution in [3.63, 3.8) is 0 Å². The van der Waals surface area contributed by atoms with Crippen LogP contribution in [0.1, 0.15) is 18.1 Å². The molecule has 1 atom stereocenters. The van der Waals surface area contributed by atoms with Gasteiger partial charge in [-0.25, -0.2) is 8.78 Å². The van der Waals surface area contributed by atoms with Crippen LogP contribution < -0.4 is 0 Å². The zero-order chi connectivity index (χ0) is 15.5. The molecule has 0 saturated heterocycles. The Kier molecular flexibility index (Phi) is 4.20. The summed E-state index contributed by atoms with van der Waals surface area (Å²) < 4.78 is 31.8. The van der Waals surface area contributed by atoms with Gasteiger partial charge >= 0.3 is 0 Å². The maximum atomic E-state index is 13.2. The van der Waals surface area contributed by atoms with Crippen molar-refractivity contribution in [3.05, 3.63) is 66.1 Å². The van der Waals surface area contributed by atoms with Gasteiger partial charge in [-0.3, -0.25) is 0 Å². The topological polar surface area (TPSA) is 38.9 Å². The zero-order valence-corrected chi connectivity index (χ0v) is 12.5. The molecule has 0 unspecified atom stereocenters. The van der Waals surface area contributed by atoms with Crippen molar-refractivity contribution in [2.75, 3.05) is 0 Å². The summed E-state index contributed by atoms with van der Waals surface area (Å²) in [4.78, 5) is 0.603. The van der Waals surface area contributed by atoms with E-state index in [1.54, 1.807) is 0 Å². The van der Waals surface area contributed by atoms with Crippen LogP contribution in [0.15, 0.2) is 57.8 Å². The highest BCUT2D eigenvalue weighted by atomic mass is 32.2. The van der Waals surface area contributed by atoms with Crippen molar-refractivity contribution < 1.29 is 13.2 Å². The second kappa shape index (κ2) is 6.27. The molecule has 0 saturated carbocycles. The highest BCUT2D eigenvalue weighted by Crippen LogP contribution is 2.35. The van der Waals surface area contributed by atoms with E-state index in [4.69, 9.17) is 4.42 Å². The van der Waals surface area contributed by atoms with E-state index >= 15 is 0 Å². The van der Waals surface area contributed by atoms with Gasteiger partial charge in [-0.15, -0.1) is 22.0 Å². The molecule has 112 valence electrons. The fraction of sp³-hybridized carbons (Fsp3) is 0.125. The Balaban J connectivity index is 1.77. The highest BCUT2D eigenvalue weighted by Gasteiger charge is 2.17. The second-order valence-electron chi connectivity index (χ2n) is 4.65. The Bertz CT molecular complexity index is 777. The molecule has 1 aromatic heterocycles. The molecule has 0 N–H and O–H groups in total. The van der Waals surface area contributed by atoms with Crippen LogP contribution in [0.2, 0.25) is 0 Å². The fourth-order valence-corrected chi connectivity index (χ4v) is 2.82. The van der Waals surface area contributed by atoms with Crippen LogP contribution in [-0.2, 0) is 0 Å². The van der Waals surface area contributed by atoms with E-state index in [1.807, 2.05) is 37.3 Å². The molecule has 6 heteroatoms. The first-order valence-corrected chi connectivity index (χ1v) is 7.52. The van der Waals surface area contributed by atoms with Gasteiger partial charge < -0.3 is 4.42 Å². The number of hydrogen-bond donors (Lipinski definition) is 0. The summed E-state index contributed by atoms with van der Waals surface area (Å²) in [5.74, 6) is -0.851. The lowest BCUT2D eigenvalue weighted by Crippen LogP contribution is -1.90. The minimum Gasteiger partial charge on any atom is -0.419 e. The van der Waals surface area contributed by atoms with Crippen molar-refractivity contribution in [2.24, 2.45) is 0 Å². The molecule has 0 amide bonds. The Morgan fingerprint density at radius 2 is 1.77 bits per heavy atom. The third kappa shape index (κ3) is 3.17. The van der Waals surface area contributed by atoms with Crippen molar-refractivity contribution in [1.82, 2.24) is 10.2 Å². The SMILES string of the molecule is C[C@H](Sc1ccc(F)c(F)c1)c1nnc(-c2ccccc2)o1. The summed E-state index contributed by atoms with van der Waals surface area (Å²) in [6.45, 7) is 1.87. The van der Waals surface area contributed by atoms with Gasteiger partial charge in [0.1, 0.15) is 0 Å². The average molecular weight is 318 g/mol. The Hall–Kier alpha value is -2.21. The second-order valence-corrected chi connectivity index (χ2v) is 6.06. The predicted octanol–water partition coefficient (Wildman–Crippen LogP) is 4.87. The molecule has 2 aromatic carbocycles. The third-order valence-electron chi connectivity index (χ3n) is 3.01. The maximum absolute atomic E-state index is 13.2. The first-order valence-electron chi connectivity index (χ1n) is 6.64. The molecule has 0 radical (unpaired) electrons. The van der Waals surface area contributed by atoms with Crippen LogP contribution in [0.4, 0.5) is 8.78 Å². The van der Waals surface area contributed by atoms with E-state index < -0.39 is 11.6 Å². The highest BCUT2D eigenvalue weighted by molar-refractivity contribution is 7.99. The lowest BCUT2D eigenvalue weighted by Gasteiger charge is -2.06. The van der Waals surface area contributed by atoms with Crippen LogP contribution in [0.3, 0.4) is 0 Å². The molecule has 0 aliphatic heterocycles. The zero-order valence-electron chi connectivity index (χ0n) is 11.7. The lowest BCUT2D eigenvalue weighted by molar-refractivity contribution is 0.504. The van der Waals surface area contributed by atoms with Gasteiger partial charge in [-0.1, -0.05) is 18.2 Å². The number of hydrogen-bond acceptors (Lipinski definition) is 4. The van der Waals surface area contributed by atoms with Gasteiger partial charge in [0.2, 0.25) is 11.8 Å². The summed E-state index contributed by atoms with van der Waals surface area (Å²) in [5.41, 5.74) is 0.839. The quantitative estimate of drug-likeness (QED) is 0.643. The molecular weight excluding hydrogens is 306 g/mol. The Labute approximate surface area is 130 Å². The van der Waals surface area contributed by atoms with Crippen LogP contribution in [0.25, 0.3) is 11.5 Å². The number of benzene rings is 2. The molecular formula is C16H12F2N2OS. The number of nitrogens with zero attached hydrogens (tertiary/aromatic N) is 2. The molecule has 3 rings (SSSR count). The Morgan fingerprint density at radius 1 is 1.00 bits per heavy atom. The molecule has 0 spiro atoms. The van der Waals surface area contributed by atoms with Gasteiger partial charge in [-0.2, -0.15) is 0 Å². The molecule has 0 aliphatic carbocycles. The van der Waals surface area contributed by atoms with E-state index in [0.717, 1.165) is 17.7 Å². The average Bonchev–Trinajstić information content (AvgIpc) is 3.02. The van der Waals surface area contributed by atoms with Crippen molar-refractivity contribution in [1.29, 1.82) is 0 Å². The van der Waals surface area contributed by atoms with Crippen LogP contribution >= 0.6 is 11.8 Å². The van der Waals surface area contributed by atoms with Crippen molar-refractivity contribution in [2.45, 2.75) is 17.1 Å². The van der Waals surface area contributed by atoms with E-state index in [9.17, 15) is 8.78 Å². The minimum atomic E-state index is -0.868. The number of halogens is 2. The lowest BCUT2D eigenvalue weighted by atomic mass is 10.2. The number of aromatic nitrogens is 2. The predicted molar refractivity (Wildman–Crippen MR) is 80.4 cm³/mol. The van der Waals surface area contributed by atoms with Crippen LogP contribution in [-0.4, -0.2) is 10.2 Å². The molecule has 0 aliphatic rings. The summed E-state index contributed by atoms with van der Waals surface area (Å²) in [6.07, 6.45) is 0. The smallest absolute Gasteiger partial charge is 0.247 e. The van der Waals surface area contributed by atoms with E-state index in [2.05, 4.69) is 10.2 Å². The van der Waals surface area contributed by atoms with Gasteiger partial charge in [0, 0.05) is 10.5 Å². The summed E-state index contributed by atoms with van der Waals surface area (Å²) in [7, 11) is 0. The molecule has 3 aromatic rings. The van der Waals surface area contributed by atoms with Crippen LogP contribution in [0, 0.1) is 11.6 Å².